The Labute approximate surface area is 150 Å². The van der Waals surface area contributed by atoms with E-state index in [1.807, 2.05) is 34.9 Å². The highest BCUT2D eigenvalue weighted by Gasteiger charge is 2.36. The van der Waals surface area contributed by atoms with Crippen LogP contribution in [0.4, 0.5) is 0 Å². The van der Waals surface area contributed by atoms with Crippen LogP contribution in [0.3, 0.4) is 0 Å². The summed E-state index contributed by atoms with van der Waals surface area (Å²) in [6.45, 7) is 0. The summed E-state index contributed by atoms with van der Waals surface area (Å²) in [5.74, 6) is 0. The highest BCUT2D eigenvalue weighted by Crippen LogP contribution is 2.57. The van der Waals surface area contributed by atoms with E-state index in [0.717, 1.165) is 12.8 Å². The number of hydrogen-bond donors (Lipinski definition) is 2. The summed E-state index contributed by atoms with van der Waals surface area (Å²) < 4.78 is 10.7. The van der Waals surface area contributed by atoms with Crippen LogP contribution in [0.25, 0.3) is 0 Å². The van der Waals surface area contributed by atoms with E-state index in [2.05, 4.69) is 17.6 Å². The van der Waals surface area contributed by atoms with Crippen molar-refractivity contribution in [3.05, 3.63) is 27.3 Å². The first-order chi connectivity index (χ1) is 11.0. The van der Waals surface area contributed by atoms with Crippen LogP contribution in [0.5, 0.6) is 0 Å². The van der Waals surface area contributed by atoms with Gasteiger partial charge in [-0.2, -0.15) is 0 Å². The van der Waals surface area contributed by atoms with Crippen LogP contribution in [-0.4, -0.2) is 21.2 Å². The standard InChI is InChI=1S/C16H23O3PS3/c17-20(18,19)9-6-4-2-1-3-5-7-12-11-14-16(22-12)15-13(23-14)8-10-21-15/h8,10-11,13,15H,1-7,9H2,(H2,17,18,19). The smallest absolute Gasteiger partial charge is 0.324 e. The van der Waals surface area contributed by atoms with Gasteiger partial charge in [-0.25, -0.2) is 0 Å². The van der Waals surface area contributed by atoms with Gasteiger partial charge in [0.2, 0.25) is 0 Å². The first-order valence-corrected chi connectivity index (χ1v) is 12.6. The van der Waals surface area contributed by atoms with Crippen molar-refractivity contribution < 1.29 is 14.4 Å². The molecule has 0 spiro atoms. The van der Waals surface area contributed by atoms with Gasteiger partial charge in [0.15, 0.2) is 0 Å². The summed E-state index contributed by atoms with van der Waals surface area (Å²) in [6.07, 6.45) is 9.83. The molecule has 7 heteroatoms. The third-order valence-corrected chi connectivity index (χ3v) is 9.27. The molecule has 1 aromatic heterocycles. The van der Waals surface area contributed by atoms with E-state index in [9.17, 15) is 4.57 Å². The minimum absolute atomic E-state index is 0.0421. The molecule has 2 aliphatic rings. The molecule has 2 aliphatic heterocycles. The second-order valence-electron chi connectivity index (χ2n) is 6.17. The summed E-state index contributed by atoms with van der Waals surface area (Å²) in [5.41, 5.74) is 0. The number of thioether (sulfide) groups is 2. The third kappa shape index (κ3) is 5.13. The minimum Gasteiger partial charge on any atom is -0.324 e. The molecule has 128 valence electrons. The molecule has 23 heavy (non-hydrogen) atoms. The van der Waals surface area contributed by atoms with E-state index in [4.69, 9.17) is 9.79 Å². The van der Waals surface area contributed by atoms with Crippen LogP contribution in [0.2, 0.25) is 0 Å². The van der Waals surface area contributed by atoms with Crippen LogP contribution in [0.1, 0.15) is 53.5 Å². The Hall–Kier alpha value is 0.290. The van der Waals surface area contributed by atoms with Crippen LogP contribution >= 0.6 is 42.5 Å². The van der Waals surface area contributed by atoms with Gasteiger partial charge in [-0.05, 0) is 30.7 Å². The molecular formula is C16H23O3PS3. The monoisotopic (exact) mass is 390 g/mol. The zero-order valence-corrected chi connectivity index (χ0v) is 16.4. The van der Waals surface area contributed by atoms with Gasteiger partial charge in [0, 0.05) is 26.1 Å². The number of fused-ring (bicyclic) bond motifs is 3. The van der Waals surface area contributed by atoms with E-state index in [-0.39, 0.29) is 6.16 Å². The second kappa shape index (κ2) is 8.11. The Morgan fingerprint density at radius 2 is 1.83 bits per heavy atom. The average molecular weight is 391 g/mol. The minimum atomic E-state index is -3.78. The van der Waals surface area contributed by atoms with Crippen LogP contribution in [0, 0.1) is 0 Å². The van der Waals surface area contributed by atoms with Crippen LogP contribution in [-0.2, 0) is 11.0 Å². The van der Waals surface area contributed by atoms with Crippen molar-refractivity contribution in [1.82, 2.24) is 0 Å². The van der Waals surface area contributed by atoms with Gasteiger partial charge in [0.1, 0.15) is 0 Å². The number of aryl methyl sites for hydroxylation is 1. The Bertz CT molecular complexity index is 608. The van der Waals surface area contributed by atoms with E-state index in [1.54, 1.807) is 4.88 Å². The highest BCUT2D eigenvalue weighted by molar-refractivity contribution is 8.07. The summed E-state index contributed by atoms with van der Waals surface area (Å²) in [6, 6.07) is 2.40. The van der Waals surface area contributed by atoms with Crippen LogP contribution in [0.15, 0.2) is 22.4 Å². The summed E-state index contributed by atoms with van der Waals surface area (Å²) in [7, 11) is -3.78. The molecule has 3 nitrogen and oxygen atoms in total. The first kappa shape index (κ1) is 18.1. The van der Waals surface area contributed by atoms with Gasteiger partial charge in [-0.15, -0.1) is 34.9 Å². The Morgan fingerprint density at radius 3 is 2.61 bits per heavy atom. The van der Waals surface area contributed by atoms with Crippen molar-refractivity contribution in [1.29, 1.82) is 0 Å². The van der Waals surface area contributed by atoms with Crippen molar-refractivity contribution in [2.45, 2.75) is 60.3 Å². The zero-order valence-electron chi connectivity index (χ0n) is 13.0. The largest absolute Gasteiger partial charge is 0.325 e. The molecular weight excluding hydrogens is 367 g/mol. The second-order valence-corrected chi connectivity index (χ2v) is 11.4. The maximum absolute atomic E-state index is 10.7. The molecule has 0 aliphatic carbocycles. The molecule has 2 N–H and O–H groups in total. The topological polar surface area (TPSA) is 57.5 Å². The van der Waals surface area contributed by atoms with E-state index in [0.29, 0.717) is 16.9 Å². The molecule has 1 aromatic rings. The fraction of sp³-hybridized carbons (Fsp3) is 0.625. The molecule has 2 unspecified atom stereocenters. The normalized spacial score (nSPS) is 22.5. The lowest BCUT2D eigenvalue weighted by atomic mass is 10.1. The number of thiophene rings is 1. The quantitative estimate of drug-likeness (QED) is 0.425. The lowest BCUT2D eigenvalue weighted by Crippen LogP contribution is -1.96. The third-order valence-electron chi connectivity index (χ3n) is 4.21. The maximum atomic E-state index is 10.7. The van der Waals surface area contributed by atoms with Gasteiger partial charge in [0.25, 0.3) is 0 Å². The Balaban J connectivity index is 1.29. The molecule has 0 radical (unpaired) electrons. The molecule has 0 saturated heterocycles. The predicted molar refractivity (Wildman–Crippen MR) is 102 cm³/mol. The van der Waals surface area contributed by atoms with Crippen LogP contribution < -0.4 is 0 Å². The van der Waals surface area contributed by atoms with Crippen molar-refractivity contribution in [3.8, 4) is 0 Å². The van der Waals surface area contributed by atoms with Gasteiger partial charge >= 0.3 is 7.60 Å². The van der Waals surface area contributed by atoms with E-state index in [1.165, 1.54) is 35.5 Å². The lowest BCUT2D eigenvalue weighted by Gasteiger charge is -2.06. The molecule has 3 rings (SSSR count). The summed E-state index contributed by atoms with van der Waals surface area (Å²) in [4.78, 5) is 22.2. The number of hydrogen-bond acceptors (Lipinski definition) is 4. The Morgan fingerprint density at radius 1 is 1.09 bits per heavy atom. The molecule has 0 fully saturated rings. The molecule has 2 atom stereocenters. The Kier molecular flexibility index (Phi) is 6.38. The SMILES string of the molecule is O=P(O)(O)CCCCCCCCc1cc2c(s1)C1SC=CC1S2. The van der Waals surface area contributed by atoms with Gasteiger partial charge < -0.3 is 9.79 Å². The van der Waals surface area contributed by atoms with E-state index >= 15 is 0 Å². The zero-order chi connectivity index (χ0) is 16.3. The van der Waals surface area contributed by atoms with Gasteiger partial charge in [-0.3, -0.25) is 4.57 Å². The van der Waals surface area contributed by atoms with Crippen molar-refractivity contribution in [2.24, 2.45) is 0 Å². The van der Waals surface area contributed by atoms with Gasteiger partial charge in [-0.1, -0.05) is 31.8 Å². The predicted octanol–water partition coefficient (Wildman–Crippen LogP) is 5.58. The van der Waals surface area contributed by atoms with Gasteiger partial charge in [0.05, 0.1) is 5.25 Å². The molecule has 3 heterocycles. The number of unbranched alkanes of at least 4 members (excludes halogenated alkanes) is 5. The highest BCUT2D eigenvalue weighted by atomic mass is 32.2. The summed E-state index contributed by atoms with van der Waals surface area (Å²) in [5, 5.41) is 3.59. The molecule has 0 aromatic carbocycles. The average Bonchev–Trinajstić information content (AvgIpc) is 3.12. The lowest BCUT2D eigenvalue weighted by molar-refractivity contribution is 0.370. The fourth-order valence-electron chi connectivity index (χ4n) is 3.02. The maximum Gasteiger partial charge on any atom is 0.325 e. The van der Waals surface area contributed by atoms with Crippen molar-refractivity contribution in [2.75, 3.05) is 6.16 Å². The molecule has 0 bridgehead atoms. The van der Waals surface area contributed by atoms with E-state index < -0.39 is 7.60 Å². The van der Waals surface area contributed by atoms with Crippen molar-refractivity contribution >= 4 is 42.5 Å². The molecule has 0 amide bonds. The molecule has 0 saturated carbocycles. The fourth-order valence-corrected chi connectivity index (χ4v) is 8.15. The van der Waals surface area contributed by atoms with Crippen molar-refractivity contribution in [3.63, 3.8) is 0 Å². The first-order valence-electron chi connectivity index (χ1n) is 8.19. The number of rotatable bonds is 9. The summed E-state index contributed by atoms with van der Waals surface area (Å²) >= 11 is 5.99.